The van der Waals surface area contributed by atoms with E-state index in [9.17, 15) is 18.4 Å². The van der Waals surface area contributed by atoms with Crippen molar-refractivity contribution in [2.24, 2.45) is 0 Å². The first-order valence-corrected chi connectivity index (χ1v) is 9.40. The summed E-state index contributed by atoms with van der Waals surface area (Å²) in [5.74, 6) is -2.05. The lowest BCUT2D eigenvalue weighted by molar-refractivity contribution is -0.120. The molecule has 0 saturated heterocycles. The molecule has 0 atom stereocenters. The lowest BCUT2D eigenvalue weighted by Gasteiger charge is -2.18. The smallest absolute Gasteiger partial charge is 0.282 e. The van der Waals surface area contributed by atoms with Crippen LogP contribution in [0.15, 0.2) is 72.4 Å². The number of nitrogens with one attached hydrogen (secondary N) is 1. The van der Waals surface area contributed by atoms with Gasteiger partial charge in [-0.25, -0.2) is 13.7 Å². The maximum absolute atomic E-state index is 13.4. The third kappa shape index (κ3) is 3.57. The second-order valence-corrected chi connectivity index (χ2v) is 7.20. The van der Waals surface area contributed by atoms with Crippen LogP contribution in [0.25, 0.3) is 5.57 Å². The standard InChI is InChI=1S/C23H15ClF2N2O2/c1-13-2-5-15(24)12-19(13)28-22(29)20(14-3-6-16(25)7-4-14)21(23(28)30)27-18-10-8-17(26)9-11-18/h2-12,27H,1H3. The lowest BCUT2D eigenvalue weighted by atomic mass is 10.0. The van der Waals surface area contributed by atoms with Crippen molar-refractivity contribution in [1.82, 2.24) is 0 Å². The summed E-state index contributed by atoms with van der Waals surface area (Å²) in [6.45, 7) is 1.76. The molecule has 150 valence electrons. The number of carbonyl (C=O) groups is 2. The number of rotatable bonds is 4. The van der Waals surface area contributed by atoms with Crippen LogP contribution in [-0.4, -0.2) is 11.8 Å². The van der Waals surface area contributed by atoms with Gasteiger partial charge >= 0.3 is 0 Å². The van der Waals surface area contributed by atoms with Crippen LogP contribution in [0.2, 0.25) is 5.02 Å². The van der Waals surface area contributed by atoms with Gasteiger partial charge in [-0.2, -0.15) is 0 Å². The average molecular weight is 425 g/mol. The fourth-order valence-electron chi connectivity index (χ4n) is 3.25. The number of anilines is 2. The summed E-state index contributed by atoms with van der Waals surface area (Å²) >= 11 is 6.09. The number of hydrogen-bond acceptors (Lipinski definition) is 3. The molecule has 0 unspecified atom stereocenters. The number of hydrogen-bond donors (Lipinski definition) is 1. The van der Waals surface area contributed by atoms with E-state index in [-0.39, 0.29) is 11.3 Å². The minimum absolute atomic E-state index is 0.0117. The van der Waals surface area contributed by atoms with Crippen LogP contribution in [-0.2, 0) is 9.59 Å². The van der Waals surface area contributed by atoms with Crippen LogP contribution >= 0.6 is 11.6 Å². The highest BCUT2D eigenvalue weighted by Crippen LogP contribution is 2.36. The Labute approximate surface area is 176 Å². The number of halogens is 3. The number of carbonyl (C=O) groups excluding carboxylic acids is 2. The average Bonchev–Trinajstić information content (AvgIpc) is 2.96. The number of benzene rings is 3. The minimum atomic E-state index is -0.589. The van der Waals surface area contributed by atoms with Gasteiger partial charge in [-0.3, -0.25) is 9.59 Å². The number of amides is 2. The monoisotopic (exact) mass is 424 g/mol. The second-order valence-electron chi connectivity index (χ2n) is 6.77. The van der Waals surface area contributed by atoms with Crippen LogP contribution in [0.1, 0.15) is 11.1 Å². The van der Waals surface area contributed by atoms with E-state index < -0.39 is 23.4 Å². The Morgan fingerprint density at radius 3 is 2.07 bits per heavy atom. The molecular weight excluding hydrogens is 410 g/mol. The zero-order valence-corrected chi connectivity index (χ0v) is 16.5. The van der Waals surface area contributed by atoms with Gasteiger partial charge in [-0.05, 0) is 66.6 Å². The van der Waals surface area contributed by atoms with Crippen LogP contribution < -0.4 is 10.2 Å². The maximum atomic E-state index is 13.4. The van der Waals surface area contributed by atoms with Crippen LogP contribution in [0.3, 0.4) is 0 Å². The molecular formula is C23H15ClF2N2O2. The van der Waals surface area contributed by atoms with Crippen LogP contribution in [0, 0.1) is 18.6 Å². The van der Waals surface area contributed by atoms with Gasteiger partial charge in [0, 0.05) is 10.7 Å². The summed E-state index contributed by atoms with van der Waals surface area (Å²) in [4.78, 5) is 27.7. The van der Waals surface area contributed by atoms with Gasteiger partial charge in [0.2, 0.25) is 0 Å². The van der Waals surface area contributed by atoms with Gasteiger partial charge < -0.3 is 5.32 Å². The Bertz CT molecular complexity index is 1190. The molecule has 4 nitrogen and oxygen atoms in total. The van der Waals surface area contributed by atoms with Gasteiger partial charge in [0.15, 0.2) is 0 Å². The first kappa shape index (κ1) is 19.8. The number of imide groups is 1. The van der Waals surface area contributed by atoms with E-state index >= 15 is 0 Å². The van der Waals surface area contributed by atoms with Gasteiger partial charge in [0.05, 0.1) is 11.3 Å². The van der Waals surface area contributed by atoms with E-state index in [0.717, 1.165) is 4.90 Å². The highest BCUT2D eigenvalue weighted by Gasteiger charge is 2.40. The molecule has 1 aliphatic rings. The Balaban J connectivity index is 1.84. The quantitative estimate of drug-likeness (QED) is 0.576. The molecule has 3 aromatic rings. The molecule has 2 amide bonds. The van der Waals surface area contributed by atoms with Crippen molar-refractivity contribution in [2.45, 2.75) is 6.92 Å². The van der Waals surface area contributed by atoms with E-state index in [1.54, 1.807) is 19.1 Å². The zero-order valence-electron chi connectivity index (χ0n) is 15.7. The molecule has 0 radical (unpaired) electrons. The predicted octanol–water partition coefficient (Wildman–Crippen LogP) is 5.32. The Hall–Kier alpha value is -3.51. The highest BCUT2D eigenvalue weighted by atomic mass is 35.5. The molecule has 4 rings (SSSR count). The summed E-state index contributed by atoms with van der Waals surface area (Å²) < 4.78 is 26.7. The molecule has 7 heteroatoms. The first-order valence-electron chi connectivity index (χ1n) is 9.03. The number of aryl methyl sites for hydroxylation is 1. The topological polar surface area (TPSA) is 49.4 Å². The molecule has 0 aromatic heterocycles. The first-order chi connectivity index (χ1) is 14.3. The molecule has 1 heterocycles. The molecule has 1 aliphatic heterocycles. The maximum Gasteiger partial charge on any atom is 0.282 e. The third-order valence-corrected chi connectivity index (χ3v) is 4.98. The van der Waals surface area contributed by atoms with Crippen LogP contribution in [0.4, 0.5) is 20.2 Å². The van der Waals surface area contributed by atoms with Crippen molar-refractivity contribution in [3.8, 4) is 0 Å². The summed E-state index contributed by atoms with van der Waals surface area (Å²) in [6.07, 6.45) is 0. The van der Waals surface area contributed by atoms with Crippen molar-refractivity contribution in [1.29, 1.82) is 0 Å². The molecule has 3 aromatic carbocycles. The Morgan fingerprint density at radius 2 is 1.43 bits per heavy atom. The van der Waals surface area contributed by atoms with Crippen LogP contribution in [0.5, 0.6) is 0 Å². The van der Waals surface area contributed by atoms with E-state index in [1.807, 2.05) is 0 Å². The minimum Gasteiger partial charge on any atom is -0.350 e. The van der Waals surface area contributed by atoms with Gasteiger partial charge in [-0.15, -0.1) is 0 Å². The largest absolute Gasteiger partial charge is 0.350 e. The van der Waals surface area contributed by atoms with Crippen molar-refractivity contribution in [2.75, 3.05) is 10.2 Å². The molecule has 1 N–H and O–H groups in total. The zero-order chi connectivity index (χ0) is 21.4. The van der Waals surface area contributed by atoms with E-state index in [1.165, 1.54) is 54.6 Å². The van der Waals surface area contributed by atoms with Crippen molar-refractivity contribution in [3.05, 3.63) is 100 Å². The highest BCUT2D eigenvalue weighted by molar-refractivity contribution is 6.46. The Morgan fingerprint density at radius 1 is 0.833 bits per heavy atom. The third-order valence-electron chi connectivity index (χ3n) is 4.74. The SMILES string of the molecule is Cc1ccc(Cl)cc1N1C(=O)C(Nc2ccc(F)cc2)=C(c2ccc(F)cc2)C1=O. The van der Waals surface area contributed by atoms with E-state index in [2.05, 4.69) is 5.32 Å². The van der Waals surface area contributed by atoms with Gasteiger partial charge in [0.1, 0.15) is 17.3 Å². The molecule has 0 aliphatic carbocycles. The van der Waals surface area contributed by atoms with E-state index in [0.29, 0.717) is 27.5 Å². The van der Waals surface area contributed by atoms with Gasteiger partial charge in [-0.1, -0.05) is 29.8 Å². The second kappa shape index (κ2) is 7.72. The normalized spacial score (nSPS) is 13.9. The van der Waals surface area contributed by atoms with Crippen molar-refractivity contribution >= 4 is 40.4 Å². The molecule has 0 saturated carbocycles. The lowest BCUT2D eigenvalue weighted by Crippen LogP contribution is -2.33. The summed E-state index contributed by atoms with van der Waals surface area (Å²) in [6, 6.07) is 15.6. The fourth-order valence-corrected chi connectivity index (χ4v) is 3.42. The molecule has 0 bridgehead atoms. The van der Waals surface area contributed by atoms with E-state index in [4.69, 9.17) is 11.6 Å². The molecule has 0 spiro atoms. The predicted molar refractivity (Wildman–Crippen MR) is 112 cm³/mol. The Kier molecular flexibility index (Phi) is 5.10. The molecule has 30 heavy (non-hydrogen) atoms. The summed E-state index contributed by atoms with van der Waals surface area (Å²) in [5.41, 5.74) is 1.94. The van der Waals surface area contributed by atoms with Crippen molar-refractivity contribution < 1.29 is 18.4 Å². The molecule has 0 fully saturated rings. The summed E-state index contributed by atoms with van der Waals surface area (Å²) in [7, 11) is 0. The van der Waals surface area contributed by atoms with Crippen molar-refractivity contribution in [3.63, 3.8) is 0 Å². The summed E-state index contributed by atoms with van der Waals surface area (Å²) in [5, 5.41) is 3.29. The fraction of sp³-hybridized carbons (Fsp3) is 0.0435. The number of nitrogens with zero attached hydrogens (tertiary/aromatic N) is 1. The van der Waals surface area contributed by atoms with Gasteiger partial charge in [0.25, 0.3) is 11.8 Å².